The van der Waals surface area contributed by atoms with Crippen LogP contribution in [0.5, 0.6) is 0 Å². The third-order valence-electron chi connectivity index (χ3n) is 1.57. The molecule has 0 unspecified atom stereocenters. The van der Waals surface area contributed by atoms with Crippen LogP contribution in [0.4, 0.5) is 4.79 Å². The molecular formula is C10H22N2O3. The van der Waals surface area contributed by atoms with Crippen LogP contribution in [0.25, 0.3) is 0 Å². The number of carbonyl (C=O) groups is 1. The third kappa shape index (κ3) is 8.20. The molecule has 0 saturated carbocycles. The molecule has 0 heterocycles. The fourth-order valence-electron chi connectivity index (χ4n) is 1.02. The average molecular weight is 218 g/mol. The van der Waals surface area contributed by atoms with Crippen LogP contribution in [0.1, 0.15) is 27.7 Å². The molecule has 0 aliphatic heterocycles. The quantitative estimate of drug-likeness (QED) is 0.643. The second kappa shape index (κ2) is 5.32. The van der Waals surface area contributed by atoms with E-state index in [0.29, 0.717) is 0 Å². The molecular weight excluding hydrogens is 196 g/mol. The van der Waals surface area contributed by atoms with Gasteiger partial charge in [0.1, 0.15) is 5.60 Å². The predicted molar refractivity (Wildman–Crippen MR) is 58.8 cm³/mol. The Kier molecular flexibility index (Phi) is 5.03. The molecule has 0 saturated heterocycles. The molecule has 0 spiro atoms. The number of nitrogens with one attached hydrogen (secondary N) is 2. The summed E-state index contributed by atoms with van der Waals surface area (Å²) < 4.78 is 4.82. The highest BCUT2D eigenvalue weighted by Gasteiger charge is 2.22. The highest BCUT2D eigenvalue weighted by molar-refractivity contribution is 5.74. The molecule has 0 radical (unpaired) electrons. The van der Waals surface area contributed by atoms with Crippen molar-refractivity contribution in [2.75, 3.05) is 20.3 Å². The molecule has 0 aromatic carbocycles. The van der Waals surface area contributed by atoms with Crippen LogP contribution in [-0.2, 0) is 4.74 Å². The van der Waals surface area contributed by atoms with Gasteiger partial charge in [-0.2, -0.15) is 0 Å². The normalized spacial score (nSPS) is 15.6. The highest BCUT2D eigenvalue weighted by Crippen LogP contribution is 2.02. The number of hydrogen-bond acceptors (Lipinski definition) is 3. The average Bonchev–Trinajstić information content (AvgIpc) is 1.98. The summed E-state index contributed by atoms with van der Waals surface area (Å²) in [5, 5.41) is 15.0. The number of ether oxygens (including phenoxy) is 1. The van der Waals surface area contributed by atoms with Crippen molar-refractivity contribution < 1.29 is 14.6 Å². The Balaban J connectivity index is 3.90. The van der Waals surface area contributed by atoms with Gasteiger partial charge in [0.05, 0.1) is 13.2 Å². The summed E-state index contributed by atoms with van der Waals surface area (Å²) in [6, 6.07) is -0.293. The van der Waals surface area contributed by atoms with Gasteiger partial charge in [0.2, 0.25) is 0 Å². The molecule has 0 rings (SSSR count). The molecule has 0 aliphatic rings. The van der Waals surface area contributed by atoms with Crippen molar-refractivity contribution in [2.24, 2.45) is 0 Å². The van der Waals surface area contributed by atoms with Gasteiger partial charge >= 0.3 is 6.03 Å². The predicted octanol–water partition coefficient (Wildman–Crippen LogP) is 0.481. The van der Waals surface area contributed by atoms with E-state index in [0.717, 1.165) is 0 Å². The van der Waals surface area contributed by atoms with Crippen molar-refractivity contribution in [3.8, 4) is 0 Å². The standard InChI is InChI=1S/C10H22N2O3/c1-9(2,3)12-8(13)11-6-10(4,14)7-15-5/h14H,6-7H2,1-5H3,(H2,11,12,13)/t10-/m0/s1. The van der Waals surface area contributed by atoms with Crippen molar-refractivity contribution in [1.82, 2.24) is 10.6 Å². The largest absolute Gasteiger partial charge is 0.386 e. The van der Waals surface area contributed by atoms with Crippen LogP contribution in [0, 0.1) is 0 Å². The fraction of sp³-hybridized carbons (Fsp3) is 0.900. The number of aliphatic hydroxyl groups is 1. The lowest BCUT2D eigenvalue weighted by molar-refractivity contribution is -0.0137. The van der Waals surface area contributed by atoms with Crippen LogP contribution < -0.4 is 10.6 Å². The molecule has 2 amide bonds. The summed E-state index contributed by atoms with van der Waals surface area (Å²) in [6.07, 6.45) is 0. The van der Waals surface area contributed by atoms with E-state index in [-0.39, 0.29) is 24.7 Å². The molecule has 5 heteroatoms. The van der Waals surface area contributed by atoms with Gasteiger partial charge in [0, 0.05) is 12.6 Å². The maximum atomic E-state index is 11.3. The number of methoxy groups -OCH3 is 1. The maximum absolute atomic E-state index is 11.3. The Morgan fingerprint density at radius 3 is 2.27 bits per heavy atom. The van der Waals surface area contributed by atoms with E-state index in [4.69, 9.17) is 4.74 Å². The Labute approximate surface area is 91.2 Å². The molecule has 0 bridgehead atoms. The summed E-state index contributed by atoms with van der Waals surface area (Å²) in [5.74, 6) is 0. The molecule has 90 valence electrons. The lowest BCUT2D eigenvalue weighted by Crippen LogP contribution is -2.51. The maximum Gasteiger partial charge on any atom is 0.315 e. The van der Waals surface area contributed by atoms with E-state index < -0.39 is 5.60 Å². The first-order valence-electron chi connectivity index (χ1n) is 4.94. The van der Waals surface area contributed by atoms with Gasteiger partial charge in [-0.05, 0) is 27.7 Å². The summed E-state index contributed by atoms with van der Waals surface area (Å²) in [5.41, 5.74) is -1.32. The molecule has 0 fully saturated rings. The third-order valence-corrected chi connectivity index (χ3v) is 1.57. The van der Waals surface area contributed by atoms with Gasteiger partial charge in [-0.15, -0.1) is 0 Å². The number of hydrogen-bond donors (Lipinski definition) is 3. The molecule has 3 N–H and O–H groups in total. The molecule has 1 atom stereocenters. The number of carbonyl (C=O) groups excluding carboxylic acids is 1. The second-order valence-electron chi connectivity index (χ2n) is 4.99. The first-order valence-corrected chi connectivity index (χ1v) is 4.94. The van der Waals surface area contributed by atoms with Crippen LogP contribution in [0.3, 0.4) is 0 Å². The SMILES string of the molecule is COC[C@@](C)(O)CNC(=O)NC(C)(C)C. The van der Waals surface area contributed by atoms with Crippen molar-refractivity contribution in [3.63, 3.8) is 0 Å². The van der Waals surface area contributed by atoms with Crippen LogP contribution in [-0.4, -0.2) is 42.5 Å². The topological polar surface area (TPSA) is 70.6 Å². The molecule has 5 nitrogen and oxygen atoms in total. The van der Waals surface area contributed by atoms with Crippen LogP contribution in [0.15, 0.2) is 0 Å². The molecule has 0 aromatic rings. The molecule has 0 aliphatic carbocycles. The lowest BCUT2D eigenvalue weighted by atomic mass is 10.1. The van der Waals surface area contributed by atoms with Gasteiger partial charge in [-0.3, -0.25) is 0 Å². The van der Waals surface area contributed by atoms with Crippen molar-refractivity contribution in [2.45, 2.75) is 38.8 Å². The highest BCUT2D eigenvalue weighted by atomic mass is 16.5. The van der Waals surface area contributed by atoms with Crippen molar-refractivity contribution in [1.29, 1.82) is 0 Å². The van der Waals surface area contributed by atoms with Gasteiger partial charge in [0.25, 0.3) is 0 Å². The monoisotopic (exact) mass is 218 g/mol. The van der Waals surface area contributed by atoms with E-state index in [1.807, 2.05) is 20.8 Å². The number of rotatable bonds is 4. The van der Waals surface area contributed by atoms with Gasteiger partial charge < -0.3 is 20.5 Å². The minimum atomic E-state index is -1.04. The second-order valence-corrected chi connectivity index (χ2v) is 4.99. The lowest BCUT2D eigenvalue weighted by Gasteiger charge is -2.25. The molecule has 0 aromatic heterocycles. The number of amides is 2. The minimum absolute atomic E-state index is 0.156. The Morgan fingerprint density at radius 1 is 1.33 bits per heavy atom. The van der Waals surface area contributed by atoms with E-state index in [2.05, 4.69) is 10.6 Å². The zero-order valence-electron chi connectivity index (χ0n) is 10.2. The summed E-state index contributed by atoms with van der Waals surface area (Å²) in [7, 11) is 1.50. The van der Waals surface area contributed by atoms with Crippen LogP contribution >= 0.6 is 0 Å². The smallest absolute Gasteiger partial charge is 0.315 e. The Bertz CT molecular complexity index is 209. The van der Waals surface area contributed by atoms with E-state index >= 15 is 0 Å². The summed E-state index contributed by atoms with van der Waals surface area (Å²) in [4.78, 5) is 11.3. The molecule has 15 heavy (non-hydrogen) atoms. The fourth-order valence-corrected chi connectivity index (χ4v) is 1.02. The Hall–Kier alpha value is -0.810. The van der Waals surface area contributed by atoms with Crippen molar-refractivity contribution in [3.05, 3.63) is 0 Å². The van der Waals surface area contributed by atoms with E-state index in [1.165, 1.54) is 7.11 Å². The zero-order valence-corrected chi connectivity index (χ0v) is 10.2. The Morgan fingerprint density at radius 2 is 1.87 bits per heavy atom. The van der Waals surface area contributed by atoms with Gasteiger partial charge in [-0.1, -0.05) is 0 Å². The van der Waals surface area contributed by atoms with E-state index in [9.17, 15) is 9.90 Å². The van der Waals surface area contributed by atoms with Crippen LogP contribution in [0.2, 0.25) is 0 Å². The minimum Gasteiger partial charge on any atom is -0.386 e. The summed E-state index contributed by atoms with van der Waals surface area (Å²) >= 11 is 0. The van der Waals surface area contributed by atoms with Gasteiger partial charge in [-0.25, -0.2) is 4.79 Å². The zero-order chi connectivity index (χ0) is 12.1. The van der Waals surface area contributed by atoms with E-state index in [1.54, 1.807) is 6.92 Å². The number of urea groups is 1. The first-order chi connectivity index (χ1) is 6.66. The summed E-state index contributed by atoms with van der Waals surface area (Å²) in [6.45, 7) is 7.61. The van der Waals surface area contributed by atoms with Crippen molar-refractivity contribution >= 4 is 6.03 Å². The first kappa shape index (κ1) is 14.2. The van der Waals surface area contributed by atoms with Gasteiger partial charge in [0.15, 0.2) is 0 Å².